The number of benzene rings is 2. The molecular weight excluding hydrogens is 236 g/mol. The Hall–Kier alpha value is -2.29. The Morgan fingerprint density at radius 2 is 1.79 bits per heavy atom. The van der Waals surface area contributed by atoms with Gasteiger partial charge in [-0.2, -0.15) is 0 Å². The van der Waals surface area contributed by atoms with Crippen LogP contribution in [0.15, 0.2) is 48.5 Å². The molecule has 0 saturated heterocycles. The van der Waals surface area contributed by atoms with Gasteiger partial charge in [-0.3, -0.25) is 0 Å². The predicted molar refractivity (Wildman–Crippen MR) is 76.6 cm³/mol. The molecule has 19 heavy (non-hydrogen) atoms. The summed E-state index contributed by atoms with van der Waals surface area (Å²) in [6, 6.07) is 16.3. The highest BCUT2D eigenvalue weighted by atomic mass is 16.5. The zero-order chi connectivity index (χ0) is 13.2. The Bertz CT molecular complexity index is 716. The second kappa shape index (κ2) is 4.76. The number of aromatic nitrogens is 2. The Morgan fingerprint density at radius 1 is 1.05 bits per heavy atom. The maximum absolute atomic E-state index is 5.41. The van der Waals surface area contributed by atoms with Gasteiger partial charge in [0.1, 0.15) is 11.6 Å². The third-order valence-corrected chi connectivity index (χ3v) is 3.37. The van der Waals surface area contributed by atoms with E-state index < -0.39 is 0 Å². The zero-order valence-corrected chi connectivity index (χ0v) is 11.1. The highest BCUT2D eigenvalue weighted by Gasteiger charge is 2.09. The molecule has 0 aliphatic heterocycles. The van der Waals surface area contributed by atoms with Gasteiger partial charge in [0.05, 0.1) is 24.7 Å². The first kappa shape index (κ1) is 11.8. The van der Waals surface area contributed by atoms with Crippen molar-refractivity contribution in [3.63, 3.8) is 0 Å². The van der Waals surface area contributed by atoms with Crippen molar-refractivity contribution in [3.05, 3.63) is 59.9 Å². The van der Waals surface area contributed by atoms with E-state index in [1.165, 1.54) is 0 Å². The van der Waals surface area contributed by atoms with E-state index in [0.29, 0.717) is 0 Å². The molecule has 3 nitrogen and oxygen atoms in total. The minimum atomic E-state index is 0.774. The molecule has 0 saturated carbocycles. The fraction of sp³-hybridized carbons (Fsp3) is 0.188. The summed E-state index contributed by atoms with van der Waals surface area (Å²) < 4.78 is 7.63. The molecule has 0 aliphatic rings. The van der Waals surface area contributed by atoms with Gasteiger partial charge in [-0.15, -0.1) is 0 Å². The van der Waals surface area contributed by atoms with Crippen molar-refractivity contribution in [2.75, 3.05) is 7.11 Å². The van der Waals surface area contributed by atoms with Crippen molar-refractivity contribution in [1.82, 2.24) is 9.55 Å². The Balaban J connectivity index is 2.08. The molecule has 0 bridgehead atoms. The minimum absolute atomic E-state index is 0.774. The van der Waals surface area contributed by atoms with Crippen LogP contribution < -0.4 is 4.74 Å². The number of nitrogens with zero attached hydrogens (tertiary/aromatic N) is 2. The monoisotopic (exact) mass is 252 g/mol. The van der Waals surface area contributed by atoms with Crippen molar-refractivity contribution in [2.45, 2.75) is 13.5 Å². The lowest BCUT2D eigenvalue weighted by Crippen LogP contribution is -2.03. The number of fused-ring (bicyclic) bond motifs is 1. The third-order valence-electron chi connectivity index (χ3n) is 3.37. The molecule has 3 heteroatoms. The van der Waals surface area contributed by atoms with Gasteiger partial charge in [-0.1, -0.05) is 30.3 Å². The van der Waals surface area contributed by atoms with Crippen molar-refractivity contribution in [2.24, 2.45) is 0 Å². The minimum Gasteiger partial charge on any atom is -0.496 e. The number of hydrogen-bond donors (Lipinski definition) is 0. The largest absolute Gasteiger partial charge is 0.496 e. The molecule has 2 aromatic carbocycles. The molecule has 3 aromatic rings. The van der Waals surface area contributed by atoms with Crippen LogP contribution in [0.5, 0.6) is 5.75 Å². The summed E-state index contributed by atoms with van der Waals surface area (Å²) in [6.07, 6.45) is 0. The van der Waals surface area contributed by atoms with Gasteiger partial charge >= 0.3 is 0 Å². The van der Waals surface area contributed by atoms with Crippen LogP contribution in [-0.4, -0.2) is 16.7 Å². The first-order chi connectivity index (χ1) is 9.29. The highest BCUT2D eigenvalue weighted by molar-refractivity contribution is 5.76. The van der Waals surface area contributed by atoms with E-state index in [2.05, 4.69) is 21.7 Å². The quantitative estimate of drug-likeness (QED) is 0.714. The van der Waals surface area contributed by atoms with E-state index in [-0.39, 0.29) is 0 Å². The summed E-state index contributed by atoms with van der Waals surface area (Å²) in [5, 5.41) is 0. The van der Waals surface area contributed by atoms with Crippen LogP contribution in [0.2, 0.25) is 0 Å². The summed E-state index contributed by atoms with van der Waals surface area (Å²) in [4.78, 5) is 4.59. The molecule has 0 fully saturated rings. The zero-order valence-electron chi connectivity index (χ0n) is 11.1. The van der Waals surface area contributed by atoms with Gasteiger partial charge in [0.15, 0.2) is 0 Å². The van der Waals surface area contributed by atoms with Crippen molar-refractivity contribution < 1.29 is 4.74 Å². The second-order valence-corrected chi connectivity index (χ2v) is 4.55. The fourth-order valence-corrected chi connectivity index (χ4v) is 2.40. The topological polar surface area (TPSA) is 27.1 Å². The van der Waals surface area contributed by atoms with Gasteiger partial charge in [-0.05, 0) is 25.1 Å². The summed E-state index contributed by atoms with van der Waals surface area (Å²) in [5.74, 6) is 1.94. The van der Waals surface area contributed by atoms with Crippen molar-refractivity contribution in [3.8, 4) is 5.75 Å². The van der Waals surface area contributed by atoms with E-state index in [1.54, 1.807) is 7.11 Å². The first-order valence-electron chi connectivity index (χ1n) is 6.33. The SMILES string of the molecule is COc1ccccc1Cn1c(C)nc2ccccc21. The average Bonchev–Trinajstić information content (AvgIpc) is 2.76. The third kappa shape index (κ3) is 2.08. The number of methoxy groups -OCH3 is 1. The van der Waals surface area contributed by atoms with Crippen LogP contribution in [0.4, 0.5) is 0 Å². The molecular formula is C16H16N2O. The molecule has 3 rings (SSSR count). The molecule has 0 radical (unpaired) electrons. The number of para-hydroxylation sites is 3. The molecule has 0 unspecified atom stereocenters. The van der Waals surface area contributed by atoms with Gasteiger partial charge in [0.2, 0.25) is 0 Å². The standard InChI is InChI=1S/C16H16N2O/c1-12-17-14-8-4-5-9-15(14)18(12)11-13-7-3-6-10-16(13)19-2/h3-10H,11H2,1-2H3. The summed E-state index contributed by atoms with van der Waals surface area (Å²) in [5.41, 5.74) is 3.36. The number of hydrogen-bond acceptors (Lipinski definition) is 2. The lowest BCUT2D eigenvalue weighted by Gasteiger charge is -2.11. The molecule has 1 aromatic heterocycles. The molecule has 0 aliphatic carbocycles. The van der Waals surface area contributed by atoms with Gasteiger partial charge < -0.3 is 9.30 Å². The van der Waals surface area contributed by atoms with E-state index in [1.807, 2.05) is 43.3 Å². The number of rotatable bonds is 3. The normalized spacial score (nSPS) is 10.8. The first-order valence-corrected chi connectivity index (χ1v) is 6.33. The van der Waals surface area contributed by atoms with Crippen LogP contribution in [0.3, 0.4) is 0 Å². The van der Waals surface area contributed by atoms with E-state index in [0.717, 1.165) is 34.7 Å². The van der Waals surface area contributed by atoms with Crippen molar-refractivity contribution in [1.29, 1.82) is 0 Å². The molecule has 0 spiro atoms. The van der Waals surface area contributed by atoms with Crippen molar-refractivity contribution >= 4 is 11.0 Å². The molecule has 0 atom stereocenters. The van der Waals surface area contributed by atoms with E-state index >= 15 is 0 Å². The van der Waals surface area contributed by atoms with Gasteiger partial charge in [-0.25, -0.2) is 4.98 Å². The molecule has 0 amide bonds. The second-order valence-electron chi connectivity index (χ2n) is 4.55. The molecule has 96 valence electrons. The number of imidazole rings is 1. The smallest absolute Gasteiger partial charge is 0.123 e. The summed E-state index contributed by atoms with van der Waals surface area (Å²) >= 11 is 0. The number of ether oxygens (including phenoxy) is 1. The van der Waals surface area contributed by atoms with E-state index in [4.69, 9.17) is 4.74 Å². The van der Waals surface area contributed by atoms with Crippen LogP contribution in [0.25, 0.3) is 11.0 Å². The molecule has 0 N–H and O–H groups in total. The maximum atomic E-state index is 5.41. The lowest BCUT2D eigenvalue weighted by molar-refractivity contribution is 0.408. The van der Waals surface area contributed by atoms with Crippen LogP contribution in [0, 0.1) is 6.92 Å². The van der Waals surface area contributed by atoms with Crippen LogP contribution in [0.1, 0.15) is 11.4 Å². The molecule has 1 heterocycles. The van der Waals surface area contributed by atoms with Gasteiger partial charge in [0.25, 0.3) is 0 Å². The van der Waals surface area contributed by atoms with Gasteiger partial charge in [0, 0.05) is 5.56 Å². The van der Waals surface area contributed by atoms with E-state index in [9.17, 15) is 0 Å². The Kier molecular flexibility index (Phi) is 2.95. The Morgan fingerprint density at radius 3 is 2.63 bits per heavy atom. The summed E-state index contributed by atoms with van der Waals surface area (Å²) in [6.45, 7) is 2.81. The maximum Gasteiger partial charge on any atom is 0.123 e. The number of aryl methyl sites for hydroxylation is 1. The van der Waals surface area contributed by atoms with Crippen LogP contribution in [-0.2, 0) is 6.54 Å². The lowest BCUT2D eigenvalue weighted by atomic mass is 10.2. The predicted octanol–water partition coefficient (Wildman–Crippen LogP) is 3.40. The Labute approximate surface area is 112 Å². The highest BCUT2D eigenvalue weighted by Crippen LogP contribution is 2.22. The van der Waals surface area contributed by atoms with Crippen LogP contribution >= 0.6 is 0 Å². The average molecular weight is 252 g/mol. The fourth-order valence-electron chi connectivity index (χ4n) is 2.40. The summed E-state index contributed by atoms with van der Waals surface area (Å²) in [7, 11) is 1.71.